The first-order valence-corrected chi connectivity index (χ1v) is 7.87. The fourth-order valence-corrected chi connectivity index (χ4v) is 2.57. The monoisotopic (exact) mass is 304 g/mol. The number of hydrogen-bond donors (Lipinski definition) is 2. The number of amides is 1. The molecule has 0 bridgehead atoms. The fraction of sp³-hybridized carbons (Fsp3) is 0.529. The van der Waals surface area contributed by atoms with E-state index in [9.17, 15) is 9.90 Å². The van der Waals surface area contributed by atoms with Gasteiger partial charge >= 0.3 is 0 Å². The molecule has 1 fully saturated rings. The highest BCUT2D eigenvalue weighted by atomic mass is 16.3. The maximum Gasteiger partial charge on any atom is 0.225 e. The minimum absolute atomic E-state index is 0.0972. The highest BCUT2D eigenvalue weighted by Crippen LogP contribution is 2.21. The lowest BCUT2D eigenvalue weighted by atomic mass is 9.99. The zero-order valence-electron chi connectivity index (χ0n) is 12.8. The lowest BCUT2D eigenvalue weighted by molar-refractivity contribution is -0.143. The first-order chi connectivity index (χ1) is 10.7. The van der Waals surface area contributed by atoms with E-state index in [1.54, 1.807) is 12.3 Å². The highest BCUT2D eigenvalue weighted by Gasteiger charge is 2.33. The summed E-state index contributed by atoms with van der Waals surface area (Å²) in [6, 6.07) is 5.73. The normalized spacial score (nSPS) is 19.5. The van der Waals surface area contributed by atoms with Gasteiger partial charge in [-0.05, 0) is 31.4 Å². The molecule has 1 aliphatic rings. The van der Waals surface area contributed by atoms with E-state index in [4.69, 9.17) is 5.11 Å². The number of aliphatic hydroxyl groups excluding tert-OH is 2. The standard InChI is InChI=1S/C17H24N2O3/c20-11-5-1-4-10-19-15(13-17(19)22)7-8-16(21)12-14-6-2-3-9-18-14/h2-3,6-9,15-16,20-21H,1,4-5,10-13H2/b8-7+/t15-,16?/m0/s1. The van der Waals surface area contributed by atoms with E-state index in [1.165, 1.54) is 0 Å². The number of carbonyl (C=O) groups excluding carboxylic acids is 1. The van der Waals surface area contributed by atoms with E-state index in [0.717, 1.165) is 31.5 Å². The van der Waals surface area contributed by atoms with Crippen molar-refractivity contribution in [2.75, 3.05) is 13.2 Å². The third-order valence-corrected chi connectivity index (χ3v) is 3.86. The Morgan fingerprint density at radius 1 is 1.36 bits per heavy atom. The average Bonchev–Trinajstić information content (AvgIpc) is 2.52. The molecule has 1 aliphatic heterocycles. The first kappa shape index (κ1) is 16.6. The van der Waals surface area contributed by atoms with E-state index in [1.807, 2.05) is 29.2 Å². The molecule has 0 aliphatic carbocycles. The Labute approximate surface area is 131 Å². The van der Waals surface area contributed by atoms with Gasteiger partial charge in [0.15, 0.2) is 0 Å². The Kier molecular flexibility index (Phi) is 6.55. The first-order valence-electron chi connectivity index (χ1n) is 7.87. The van der Waals surface area contributed by atoms with Crippen LogP contribution in [0.1, 0.15) is 31.4 Å². The Morgan fingerprint density at radius 3 is 2.91 bits per heavy atom. The molecule has 2 N–H and O–H groups in total. The van der Waals surface area contributed by atoms with Crippen molar-refractivity contribution >= 4 is 5.91 Å². The zero-order chi connectivity index (χ0) is 15.8. The zero-order valence-corrected chi connectivity index (χ0v) is 12.8. The molecule has 1 amide bonds. The van der Waals surface area contributed by atoms with Gasteiger partial charge in [-0.1, -0.05) is 18.2 Å². The summed E-state index contributed by atoms with van der Waals surface area (Å²) in [7, 11) is 0. The molecule has 120 valence electrons. The number of rotatable bonds is 9. The summed E-state index contributed by atoms with van der Waals surface area (Å²) in [5.74, 6) is 0.165. The van der Waals surface area contributed by atoms with Crippen molar-refractivity contribution in [2.45, 2.75) is 44.2 Å². The summed E-state index contributed by atoms with van der Waals surface area (Å²) in [6.07, 6.45) is 8.43. The van der Waals surface area contributed by atoms with Gasteiger partial charge in [0.1, 0.15) is 0 Å². The molecule has 0 saturated carbocycles. The second kappa shape index (κ2) is 8.66. The SMILES string of the molecule is O=C1C[C@H](/C=C/C(O)Cc2ccccn2)N1CCCCCO. The molecule has 0 radical (unpaired) electrons. The molecule has 2 heterocycles. The third kappa shape index (κ3) is 4.93. The molecule has 2 rings (SSSR count). The number of aromatic nitrogens is 1. The van der Waals surface area contributed by atoms with Crippen molar-refractivity contribution < 1.29 is 15.0 Å². The van der Waals surface area contributed by atoms with Crippen LogP contribution >= 0.6 is 0 Å². The summed E-state index contributed by atoms with van der Waals surface area (Å²) in [5, 5.41) is 18.8. The lowest BCUT2D eigenvalue weighted by Crippen LogP contribution is -2.51. The van der Waals surface area contributed by atoms with Crippen LogP contribution < -0.4 is 0 Å². The van der Waals surface area contributed by atoms with Crippen molar-refractivity contribution in [2.24, 2.45) is 0 Å². The fourth-order valence-electron chi connectivity index (χ4n) is 2.57. The quantitative estimate of drug-likeness (QED) is 0.410. The molecule has 5 heteroatoms. The minimum Gasteiger partial charge on any atom is -0.396 e. The molecular weight excluding hydrogens is 280 g/mol. The van der Waals surface area contributed by atoms with Crippen molar-refractivity contribution in [1.82, 2.24) is 9.88 Å². The minimum atomic E-state index is -0.582. The molecule has 22 heavy (non-hydrogen) atoms. The molecule has 0 spiro atoms. The van der Waals surface area contributed by atoms with Crippen LogP contribution in [0.2, 0.25) is 0 Å². The van der Waals surface area contributed by atoms with Crippen molar-refractivity contribution in [3.63, 3.8) is 0 Å². The highest BCUT2D eigenvalue weighted by molar-refractivity contribution is 5.83. The summed E-state index contributed by atoms with van der Waals surface area (Å²) in [5.41, 5.74) is 0.852. The van der Waals surface area contributed by atoms with Crippen LogP contribution in [0.4, 0.5) is 0 Å². The average molecular weight is 304 g/mol. The van der Waals surface area contributed by atoms with E-state index >= 15 is 0 Å². The Bertz CT molecular complexity index is 490. The van der Waals surface area contributed by atoms with Crippen LogP contribution in [0, 0.1) is 0 Å². The van der Waals surface area contributed by atoms with E-state index < -0.39 is 6.10 Å². The largest absolute Gasteiger partial charge is 0.396 e. The number of nitrogens with zero attached hydrogens (tertiary/aromatic N) is 2. The summed E-state index contributed by atoms with van der Waals surface area (Å²) in [4.78, 5) is 17.6. The smallest absolute Gasteiger partial charge is 0.225 e. The molecule has 1 aromatic heterocycles. The van der Waals surface area contributed by atoms with Gasteiger partial charge in [0.25, 0.3) is 0 Å². The predicted molar refractivity (Wildman–Crippen MR) is 84.1 cm³/mol. The molecule has 1 aromatic rings. The number of unbranched alkanes of at least 4 members (excludes halogenated alkanes) is 2. The van der Waals surface area contributed by atoms with Crippen molar-refractivity contribution in [3.05, 3.63) is 42.2 Å². The third-order valence-electron chi connectivity index (χ3n) is 3.86. The number of pyridine rings is 1. The molecule has 0 aromatic carbocycles. The predicted octanol–water partition coefficient (Wildman–Crippen LogP) is 1.30. The Hall–Kier alpha value is -1.72. The molecule has 1 unspecified atom stereocenters. The van der Waals surface area contributed by atoms with Gasteiger partial charge in [-0.15, -0.1) is 0 Å². The maximum atomic E-state index is 11.6. The number of β-lactam (4-membered cyclic amide) rings is 1. The topological polar surface area (TPSA) is 73.7 Å². The van der Waals surface area contributed by atoms with E-state index in [2.05, 4.69) is 4.98 Å². The van der Waals surface area contributed by atoms with Gasteiger partial charge in [0.2, 0.25) is 5.91 Å². The number of likely N-dealkylation sites (tertiary alicyclic amines) is 1. The van der Waals surface area contributed by atoms with E-state index in [-0.39, 0.29) is 18.6 Å². The van der Waals surface area contributed by atoms with Crippen molar-refractivity contribution in [3.8, 4) is 0 Å². The van der Waals surface area contributed by atoms with Gasteiger partial charge in [-0.3, -0.25) is 9.78 Å². The number of carbonyl (C=O) groups is 1. The van der Waals surface area contributed by atoms with Crippen molar-refractivity contribution in [1.29, 1.82) is 0 Å². The second-order valence-electron chi connectivity index (χ2n) is 5.62. The van der Waals surface area contributed by atoms with E-state index in [0.29, 0.717) is 12.8 Å². The number of hydrogen-bond acceptors (Lipinski definition) is 4. The maximum absolute atomic E-state index is 11.6. The van der Waals surface area contributed by atoms with Crippen LogP contribution in [-0.4, -0.2) is 51.3 Å². The van der Waals surface area contributed by atoms with Gasteiger partial charge in [-0.2, -0.15) is 0 Å². The summed E-state index contributed by atoms with van der Waals surface area (Å²) < 4.78 is 0. The summed E-state index contributed by atoms with van der Waals surface area (Å²) >= 11 is 0. The Morgan fingerprint density at radius 2 is 2.23 bits per heavy atom. The molecular formula is C17H24N2O3. The van der Waals surface area contributed by atoms with Gasteiger partial charge in [0.05, 0.1) is 18.6 Å². The van der Waals surface area contributed by atoms with Crippen LogP contribution in [-0.2, 0) is 11.2 Å². The van der Waals surface area contributed by atoms with Gasteiger partial charge < -0.3 is 15.1 Å². The molecule has 2 atom stereocenters. The lowest BCUT2D eigenvalue weighted by Gasteiger charge is -2.39. The van der Waals surface area contributed by atoms with Crippen LogP contribution in [0.25, 0.3) is 0 Å². The second-order valence-corrected chi connectivity index (χ2v) is 5.62. The molecule has 5 nitrogen and oxygen atoms in total. The van der Waals surface area contributed by atoms with Crippen LogP contribution in [0.5, 0.6) is 0 Å². The van der Waals surface area contributed by atoms with Crippen LogP contribution in [0.3, 0.4) is 0 Å². The summed E-state index contributed by atoms with van der Waals surface area (Å²) in [6.45, 7) is 0.932. The molecule has 1 saturated heterocycles. The van der Waals surface area contributed by atoms with Crippen LogP contribution in [0.15, 0.2) is 36.5 Å². The Balaban J connectivity index is 1.75. The number of aliphatic hydroxyl groups is 2. The van der Waals surface area contributed by atoms with Gasteiger partial charge in [-0.25, -0.2) is 0 Å². The van der Waals surface area contributed by atoms with Gasteiger partial charge in [0, 0.05) is 31.5 Å².